The van der Waals surface area contributed by atoms with E-state index in [2.05, 4.69) is 218 Å². The molecule has 0 heteroatoms. The molecule has 0 aliphatic heterocycles. The molecule has 10 aromatic rings. The van der Waals surface area contributed by atoms with Gasteiger partial charge in [0.1, 0.15) is 0 Å². The van der Waals surface area contributed by atoms with E-state index in [9.17, 15) is 0 Å². The lowest BCUT2D eigenvalue weighted by Gasteiger charge is -2.20. The summed E-state index contributed by atoms with van der Waals surface area (Å²) in [5.74, 6) is 0. The van der Waals surface area contributed by atoms with E-state index >= 15 is 0 Å². The molecule has 54 heavy (non-hydrogen) atoms. The second kappa shape index (κ2) is 13.5. The van der Waals surface area contributed by atoms with Gasteiger partial charge < -0.3 is 0 Å². The van der Waals surface area contributed by atoms with E-state index in [1.807, 2.05) is 0 Å². The predicted octanol–water partition coefficient (Wildman–Crippen LogP) is 15.1. The van der Waals surface area contributed by atoms with Crippen molar-refractivity contribution in [3.63, 3.8) is 0 Å². The first-order valence-corrected chi connectivity index (χ1v) is 18.7. The van der Waals surface area contributed by atoms with Crippen molar-refractivity contribution in [2.24, 2.45) is 0 Å². The van der Waals surface area contributed by atoms with E-state index in [1.165, 1.54) is 99.1 Å². The molecule has 10 aromatic carbocycles. The van der Waals surface area contributed by atoms with E-state index in [0.29, 0.717) is 0 Å². The van der Waals surface area contributed by atoms with Crippen molar-refractivity contribution in [2.45, 2.75) is 0 Å². The minimum atomic E-state index is 1.19. The van der Waals surface area contributed by atoms with Crippen LogP contribution in [0.15, 0.2) is 218 Å². The van der Waals surface area contributed by atoms with Crippen molar-refractivity contribution in [1.82, 2.24) is 0 Å². The van der Waals surface area contributed by atoms with E-state index in [-0.39, 0.29) is 0 Å². The Morgan fingerprint density at radius 1 is 0.185 bits per heavy atom. The van der Waals surface area contributed by atoms with Crippen molar-refractivity contribution >= 4 is 32.3 Å². The highest BCUT2D eigenvalue weighted by Gasteiger charge is 2.20. The molecule has 0 amide bonds. The fourth-order valence-electron chi connectivity index (χ4n) is 8.44. The molecule has 0 N–H and O–H groups in total. The molecule has 0 aliphatic carbocycles. The van der Waals surface area contributed by atoms with Crippen molar-refractivity contribution in [1.29, 1.82) is 0 Å². The van der Waals surface area contributed by atoms with Crippen LogP contribution in [-0.4, -0.2) is 0 Å². The van der Waals surface area contributed by atoms with Crippen molar-refractivity contribution < 1.29 is 0 Å². The molecule has 0 heterocycles. The van der Waals surface area contributed by atoms with Crippen LogP contribution in [0.1, 0.15) is 0 Å². The minimum absolute atomic E-state index is 1.19. The second-order valence-electron chi connectivity index (χ2n) is 14.0. The summed E-state index contributed by atoms with van der Waals surface area (Å²) in [6, 6.07) is 79.8. The van der Waals surface area contributed by atoms with Gasteiger partial charge in [-0.05, 0) is 111 Å². The molecule has 0 radical (unpaired) electrons. The average Bonchev–Trinajstić information content (AvgIpc) is 3.26. The van der Waals surface area contributed by atoms with Gasteiger partial charge in [0, 0.05) is 0 Å². The van der Waals surface area contributed by atoms with Crippen LogP contribution in [0.3, 0.4) is 0 Å². The minimum Gasteiger partial charge on any atom is -0.0622 e. The highest BCUT2D eigenvalue weighted by atomic mass is 14.2. The molecule has 0 spiro atoms. The molecule has 0 unspecified atom stereocenters. The zero-order valence-electron chi connectivity index (χ0n) is 29.8. The van der Waals surface area contributed by atoms with Gasteiger partial charge in [-0.15, -0.1) is 0 Å². The summed E-state index contributed by atoms with van der Waals surface area (Å²) in [5, 5.41) is 7.52. The number of hydrogen-bond acceptors (Lipinski definition) is 0. The number of benzene rings is 10. The highest BCUT2D eigenvalue weighted by molar-refractivity contribution is 6.21. The summed E-state index contributed by atoms with van der Waals surface area (Å²) in [6.07, 6.45) is 0. The average molecular weight is 685 g/mol. The summed E-state index contributed by atoms with van der Waals surface area (Å²) in [6.45, 7) is 0. The van der Waals surface area contributed by atoms with Crippen LogP contribution in [0.2, 0.25) is 0 Å². The predicted molar refractivity (Wildman–Crippen MR) is 232 cm³/mol. The molecule has 0 bridgehead atoms. The Morgan fingerprint density at radius 3 is 1.30 bits per heavy atom. The fourth-order valence-corrected chi connectivity index (χ4v) is 8.44. The molecule has 0 aliphatic rings. The van der Waals surface area contributed by atoms with Crippen LogP contribution in [0.5, 0.6) is 0 Å². The molecule has 0 atom stereocenters. The normalized spacial score (nSPS) is 11.3. The largest absolute Gasteiger partial charge is 0.0622 e. The maximum absolute atomic E-state index is 2.45. The molecular weight excluding hydrogens is 649 g/mol. The van der Waals surface area contributed by atoms with Crippen LogP contribution >= 0.6 is 0 Å². The van der Waals surface area contributed by atoms with Gasteiger partial charge in [0.05, 0.1) is 0 Å². The Labute approximate surface area is 316 Å². The molecule has 0 saturated heterocycles. The van der Waals surface area contributed by atoms with Gasteiger partial charge in [-0.25, -0.2) is 0 Å². The lowest BCUT2D eigenvalue weighted by atomic mass is 9.83. The fraction of sp³-hybridized carbons (Fsp3) is 0. The van der Waals surface area contributed by atoms with E-state index in [1.54, 1.807) is 0 Å². The zero-order chi connectivity index (χ0) is 35.8. The molecule has 10 rings (SSSR count). The van der Waals surface area contributed by atoms with Gasteiger partial charge in [-0.1, -0.05) is 206 Å². The molecule has 0 fully saturated rings. The maximum Gasteiger partial charge on any atom is -0.00261 e. The Morgan fingerprint density at radius 2 is 0.630 bits per heavy atom. The second-order valence-corrected chi connectivity index (χ2v) is 14.0. The first kappa shape index (κ1) is 31.7. The van der Waals surface area contributed by atoms with Gasteiger partial charge in [-0.3, -0.25) is 0 Å². The first-order chi connectivity index (χ1) is 26.8. The maximum atomic E-state index is 2.45. The summed E-state index contributed by atoms with van der Waals surface area (Å²) in [7, 11) is 0. The highest BCUT2D eigenvalue weighted by Crippen LogP contribution is 2.47. The summed E-state index contributed by atoms with van der Waals surface area (Å²) in [4.78, 5) is 0. The topological polar surface area (TPSA) is 0 Å². The van der Waals surface area contributed by atoms with Crippen LogP contribution in [0.4, 0.5) is 0 Å². The Balaban J connectivity index is 1.27. The molecule has 0 nitrogen and oxygen atoms in total. The molecule has 0 saturated carbocycles. The summed E-state index contributed by atoms with van der Waals surface area (Å²) >= 11 is 0. The lowest BCUT2D eigenvalue weighted by Crippen LogP contribution is -1.94. The SMILES string of the molecule is c1ccc(-c2cccc(-c3ccc(-c4c5ccccc5c(-c5ccccc5)c5ccccc45)cc3-c3ccccc3-c3cccc4ccccc34)c2)cc1. The first-order valence-electron chi connectivity index (χ1n) is 18.7. The quantitative estimate of drug-likeness (QED) is 0.153. The van der Waals surface area contributed by atoms with Crippen molar-refractivity contribution in [3.8, 4) is 66.8 Å². The molecular formula is C54H36. The molecule has 0 aromatic heterocycles. The van der Waals surface area contributed by atoms with Gasteiger partial charge >= 0.3 is 0 Å². The van der Waals surface area contributed by atoms with E-state index < -0.39 is 0 Å². The number of hydrogen-bond donors (Lipinski definition) is 0. The van der Waals surface area contributed by atoms with Gasteiger partial charge in [0.2, 0.25) is 0 Å². The Kier molecular flexibility index (Phi) is 7.93. The van der Waals surface area contributed by atoms with Gasteiger partial charge in [0.15, 0.2) is 0 Å². The number of rotatable bonds is 6. The van der Waals surface area contributed by atoms with Crippen molar-refractivity contribution in [2.75, 3.05) is 0 Å². The van der Waals surface area contributed by atoms with Crippen LogP contribution in [-0.2, 0) is 0 Å². The summed E-state index contributed by atoms with van der Waals surface area (Å²) < 4.78 is 0. The van der Waals surface area contributed by atoms with Crippen LogP contribution in [0, 0.1) is 0 Å². The Bertz CT molecular complexity index is 2910. The monoisotopic (exact) mass is 684 g/mol. The van der Waals surface area contributed by atoms with E-state index in [0.717, 1.165) is 0 Å². The number of fused-ring (bicyclic) bond motifs is 3. The molecule has 252 valence electrons. The van der Waals surface area contributed by atoms with Crippen molar-refractivity contribution in [3.05, 3.63) is 218 Å². The smallest absolute Gasteiger partial charge is 0.00261 e. The van der Waals surface area contributed by atoms with Crippen LogP contribution < -0.4 is 0 Å². The summed E-state index contributed by atoms with van der Waals surface area (Å²) in [5.41, 5.74) is 14.7. The lowest BCUT2D eigenvalue weighted by molar-refractivity contribution is 1.56. The third-order valence-electron chi connectivity index (χ3n) is 10.9. The van der Waals surface area contributed by atoms with Gasteiger partial charge in [0.25, 0.3) is 0 Å². The van der Waals surface area contributed by atoms with Crippen LogP contribution in [0.25, 0.3) is 99.1 Å². The third-order valence-corrected chi connectivity index (χ3v) is 10.9. The van der Waals surface area contributed by atoms with E-state index in [4.69, 9.17) is 0 Å². The zero-order valence-corrected chi connectivity index (χ0v) is 29.8. The third kappa shape index (κ3) is 5.48. The Hall–Kier alpha value is -7.02. The standard InChI is InChI=1S/C54H36/c1-3-17-37(18-4-1)40-23-15-24-41(35-40)44-34-33-42(36-52(44)47-27-10-9-26-46(47)45-32-16-22-38-19-7-8-25-43(38)45)54-50-30-13-11-28-48(50)53(39-20-5-2-6-21-39)49-29-12-14-31-51(49)54/h1-36H. The van der Waals surface area contributed by atoms with Gasteiger partial charge in [-0.2, -0.15) is 0 Å².